The molecule has 1 rings (SSSR count). The predicted octanol–water partition coefficient (Wildman–Crippen LogP) is 3.05. The molecule has 1 unspecified atom stereocenters. The summed E-state index contributed by atoms with van der Waals surface area (Å²) in [6.07, 6.45) is 1.96. The average molecular weight is 209 g/mol. The molecule has 0 fully saturated rings. The summed E-state index contributed by atoms with van der Waals surface area (Å²) >= 11 is 0. The fourth-order valence-electron chi connectivity index (χ4n) is 1.66. The minimum absolute atomic E-state index is 0.128. The number of halogens is 1. The van der Waals surface area contributed by atoms with Gasteiger partial charge in [0.25, 0.3) is 0 Å². The van der Waals surface area contributed by atoms with Gasteiger partial charge >= 0.3 is 0 Å². The summed E-state index contributed by atoms with van der Waals surface area (Å²) in [4.78, 5) is 0. The van der Waals surface area contributed by atoms with Crippen LogP contribution in [-0.2, 0) is 6.42 Å². The first-order valence-corrected chi connectivity index (χ1v) is 5.46. The van der Waals surface area contributed by atoms with Crippen molar-refractivity contribution in [2.45, 2.75) is 33.6 Å². The molecule has 0 amide bonds. The van der Waals surface area contributed by atoms with Crippen molar-refractivity contribution in [2.75, 3.05) is 6.54 Å². The molecule has 0 aliphatic heterocycles. The number of benzene rings is 1. The van der Waals surface area contributed by atoms with Gasteiger partial charge in [-0.05, 0) is 55.0 Å². The van der Waals surface area contributed by atoms with Gasteiger partial charge in [0.15, 0.2) is 0 Å². The smallest absolute Gasteiger partial charge is 0.123 e. The Hall–Kier alpha value is -0.890. The summed E-state index contributed by atoms with van der Waals surface area (Å²) in [6, 6.07) is 4.98. The molecule has 0 radical (unpaired) electrons. The standard InChI is InChI=1S/C13H20FN/c1-4-13(3,9-15)8-11-5-6-12(14)7-10(11)2/h5-7H,4,8-9,15H2,1-3H3. The zero-order valence-electron chi connectivity index (χ0n) is 9.81. The molecule has 1 aromatic carbocycles. The van der Waals surface area contributed by atoms with E-state index >= 15 is 0 Å². The Morgan fingerprint density at radius 3 is 2.53 bits per heavy atom. The normalized spacial score (nSPS) is 15.0. The van der Waals surface area contributed by atoms with Gasteiger partial charge in [-0.3, -0.25) is 0 Å². The highest BCUT2D eigenvalue weighted by atomic mass is 19.1. The summed E-state index contributed by atoms with van der Waals surface area (Å²) in [5, 5.41) is 0. The van der Waals surface area contributed by atoms with E-state index in [0.717, 1.165) is 18.4 Å². The van der Waals surface area contributed by atoms with Gasteiger partial charge in [0.2, 0.25) is 0 Å². The maximum Gasteiger partial charge on any atom is 0.123 e. The second-order valence-corrected chi connectivity index (χ2v) is 4.62. The Morgan fingerprint density at radius 2 is 2.07 bits per heavy atom. The molecule has 2 heteroatoms. The van der Waals surface area contributed by atoms with Crippen molar-refractivity contribution >= 4 is 0 Å². The molecule has 15 heavy (non-hydrogen) atoms. The zero-order chi connectivity index (χ0) is 11.5. The third kappa shape index (κ3) is 3.03. The number of nitrogens with two attached hydrogens (primary N) is 1. The molecule has 0 spiro atoms. The van der Waals surface area contributed by atoms with Crippen LogP contribution < -0.4 is 5.73 Å². The molecular formula is C13H20FN. The second kappa shape index (κ2) is 4.75. The van der Waals surface area contributed by atoms with Crippen LogP contribution in [0.1, 0.15) is 31.4 Å². The Bertz CT molecular complexity index is 329. The van der Waals surface area contributed by atoms with E-state index in [2.05, 4.69) is 13.8 Å². The molecule has 1 atom stereocenters. The van der Waals surface area contributed by atoms with E-state index in [1.54, 1.807) is 6.07 Å². The maximum atomic E-state index is 12.9. The Balaban J connectivity index is 2.89. The van der Waals surface area contributed by atoms with Gasteiger partial charge < -0.3 is 5.73 Å². The fourth-order valence-corrected chi connectivity index (χ4v) is 1.66. The van der Waals surface area contributed by atoms with Crippen LogP contribution in [0.4, 0.5) is 4.39 Å². The summed E-state index contributed by atoms with van der Waals surface area (Å²) in [5.74, 6) is -0.165. The lowest BCUT2D eigenvalue weighted by molar-refractivity contribution is 0.320. The lowest BCUT2D eigenvalue weighted by Gasteiger charge is -2.27. The maximum absolute atomic E-state index is 12.9. The monoisotopic (exact) mass is 209 g/mol. The van der Waals surface area contributed by atoms with E-state index in [1.165, 1.54) is 11.6 Å². The molecule has 1 aromatic rings. The van der Waals surface area contributed by atoms with E-state index in [4.69, 9.17) is 5.73 Å². The third-order valence-electron chi connectivity index (χ3n) is 3.27. The van der Waals surface area contributed by atoms with Crippen molar-refractivity contribution in [1.29, 1.82) is 0 Å². The molecule has 2 N–H and O–H groups in total. The highest BCUT2D eigenvalue weighted by Gasteiger charge is 2.21. The fraction of sp³-hybridized carbons (Fsp3) is 0.538. The molecule has 0 aliphatic carbocycles. The average Bonchev–Trinajstić information content (AvgIpc) is 2.22. The highest BCUT2D eigenvalue weighted by Crippen LogP contribution is 2.26. The third-order valence-corrected chi connectivity index (χ3v) is 3.27. The van der Waals surface area contributed by atoms with Crippen molar-refractivity contribution in [3.05, 3.63) is 35.1 Å². The van der Waals surface area contributed by atoms with E-state index in [-0.39, 0.29) is 11.2 Å². The van der Waals surface area contributed by atoms with E-state index in [9.17, 15) is 4.39 Å². The zero-order valence-corrected chi connectivity index (χ0v) is 9.81. The Kier molecular flexibility index (Phi) is 3.86. The van der Waals surface area contributed by atoms with Gasteiger partial charge in [-0.2, -0.15) is 0 Å². The van der Waals surface area contributed by atoms with Gasteiger partial charge in [-0.25, -0.2) is 4.39 Å². The Labute approximate surface area is 91.5 Å². The largest absolute Gasteiger partial charge is 0.330 e. The summed E-state index contributed by atoms with van der Waals surface area (Å²) in [5.41, 5.74) is 8.12. The van der Waals surface area contributed by atoms with Crippen LogP contribution in [0.25, 0.3) is 0 Å². The topological polar surface area (TPSA) is 26.0 Å². The molecule has 0 bridgehead atoms. The molecule has 0 aromatic heterocycles. The molecule has 0 saturated heterocycles. The van der Waals surface area contributed by atoms with Crippen LogP contribution >= 0.6 is 0 Å². The first kappa shape index (κ1) is 12.2. The van der Waals surface area contributed by atoms with Crippen molar-refractivity contribution < 1.29 is 4.39 Å². The molecule has 0 heterocycles. The summed E-state index contributed by atoms with van der Waals surface area (Å²) in [7, 11) is 0. The van der Waals surface area contributed by atoms with Gasteiger partial charge in [-0.1, -0.05) is 19.9 Å². The number of hydrogen-bond donors (Lipinski definition) is 1. The van der Waals surface area contributed by atoms with Crippen LogP contribution in [0.15, 0.2) is 18.2 Å². The van der Waals surface area contributed by atoms with E-state index < -0.39 is 0 Å². The van der Waals surface area contributed by atoms with Crippen molar-refractivity contribution in [3.63, 3.8) is 0 Å². The molecular weight excluding hydrogens is 189 g/mol. The minimum atomic E-state index is -0.165. The molecule has 1 nitrogen and oxygen atoms in total. The number of aryl methyl sites for hydroxylation is 1. The van der Waals surface area contributed by atoms with Gasteiger partial charge in [-0.15, -0.1) is 0 Å². The van der Waals surface area contributed by atoms with Gasteiger partial charge in [0.1, 0.15) is 5.82 Å². The van der Waals surface area contributed by atoms with Crippen LogP contribution in [0.5, 0.6) is 0 Å². The molecule has 0 aliphatic rings. The van der Waals surface area contributed by atoms with Crippen LogP contribution in [0, 0.1) is 18.2 Å². The van der Waals surface area contributed by atoms with Gasteiger partial charge in [0.05, 0.1) is 0 Å². The Morgan fingerprint density at radius 1 is 1.40 bits per heavy atom. The number of rotatable bonds is 4. The first-order valence-electron chi connectivity index (χ1n) is 5.46. The first-order chi connectivity index (χ1) is 7.00. The quantitative estimate of drug-likeness (QED) is 0.810. The van der Waals surface area contributed by atoms with E-state index in [1.807, 2.05) is 13.0 Å². The van der Waals surface area contributed by atoms with E-state index in [0.29, 0.717) is 6.54 Å². The molecule has 84 valence electrons. The summed E-state index contributed by atoms with van der Waals surface area (Å²) in [6.45, 7) is 6.94. The van der Waals surface area contributed by atoms with Crippen molar-refractivity contribution in [2.24, 2.45) is 11.1 Å². The summed E-state index contributed by atoms with van der Waals surface area (Å²) < 4.78 is 12.9. The van der Waals surface area contributed by atoms with Crippen molar-refractivity contribution in [1.82, 2.24) is 0 Å². The lowest BCUT2D eigenvalue weighted by Crippen LogP contribution is -2.29. The van der Waals surface area contributed by atoms with Crippen LogP contribution in [0.3, 0.4) is 0 Å². The van der Waals surface area contributed by atoms with Crippen LogP contribution in [-0.4, -0.2) is 6.54 Å². The second-order valence-electron chi connectivity index (χ2n) is 4.62. The van der Waals surface area contributed by atoms with Crippen molar-refractivity contribution in [3.8, 4) is 0 Å². The minimum Gasteiger partial charge on any atom is -0.330 e. The number of hydrogen-bond acceptors (Lipinski definition) is 1. The predicted molar refractivity (Wildman–Crippen MR) is 62.3 cm³/mol. The SMILES string of the molecule is CCC(C)(CN)Cc1ccc(F)cc1C. The van der Waals surface area contributed by atoms with Crippen LogP contribution in [0.2, 0.25) is 0 Å². The molecule has 0 saturated carbocycles. The highest BCUT2D eigenvalue weighted by molar-refractivity contribution is 5.27. The van der Waals surface area contributed by atoms with Gasteiger partial charge in [0, 0.05) is 0 Å². The lowest BCUT2D eigenvalue weighted by atomic mass is 9.80.